The lowest BCUT2D eigenvalue weighted by Crippen LogP contribution is -1.85. The van der Waals surface area contributed by atoms with Gasteiger partial charge in [-0.2, -0.15) is 0 Å². The van der Waals surface area contributed by atoms with Crippen LogP contribution in [0.2, 0.25) is 0 Å². The first-order valence-corrected chi connectivity index (χ1v) is 5.74. The van der Waals surface area contributed by atoms with E-state index in [0.29, 0.717) is 10.4 Å². The van der Waals surface area contributed by atoms with Crippen LogP contribution < -0.4 is 5.73 Å². The van der Waals surface area contributed by atoms with E-state index < -0.39 is 6.43 Å². The molecule has 0 aliphatic carbocycles. The van der Waals surface area contributed by atoms with Crippen LogP contribution in [-0.4, -0.2) is 0 Å². The number of alkyl halides is 2. The molecule has 0 aliphatic heterocycles. The molecule has 0 unspecified atom stereocenters. The number of benzene rings is 1. The molecule has 74 valence electrons. The fraction of sp³-hybridized carbons (Fsp3) is 0.111. The van der Waals surface area contributed by atoms with E-state index in [9.17, 15) is 8.78 Å². The van der Waals surface area contributed by atoms with Crippen LogP contribution in [-0.2, 0) is 0 Å². The lowest BCUT2D eigenvalue weighted by atomic mass is 10.1. The molecule has 14 heavy (non-hydrogen) atoms. The summed E-state index contributed by atoms with van der Waals surface area (Å²) in [6.07, 6.45) is -2.44. The first kappa shape index (κ1) is 10.1. The zero-order valence-electron chi connectivity index (χ0n) is 6.93. The van der Waals surface area contributed by atoms with E-state index in [1.165, 1.54) is 17.4 Å². The summed E-state index contributed by atoms with van der Waals surface area (Å²) in [4.78, 5) is 0. The normalized spacial score (nSPS) is 11.4. The second-order valence-electron chi connectivity index (χ2n) is 2.83. The number of anilines is 1. The Morgan fingerprint density at radius 1 is 1.36 bits per heavy atom. The van der Waals surface area contributed by atoms with Gasteiger partial charge in [-0.25, -0.2) is 8.78 Å². The number of nitrogens with two attached hydrogens (primary N) is 1. The number of hydrogen-bond donors (Lipinski definition) is 1. The molecule has 0 fully saturated rings. The van der Waals surface area contributed by atoms with Gasteiger partial charge in [0, 0.05) is 14.5 Å². The van der Waals surface area contributed by atoms with Gasteiger partial charge >= 0.3 is 0 Å². The summed E-state index contributed by atoms with van der Waals surface area (Å²) in [5.74, 6) is 0. The van der Waals surface area contributed by atoms with Crippen LogP contribution in [0.3, 0.4) is 0 Å². The average Bonchev–Trinajstić information content (AvgIpc) is 2.47. The maximum atomic E-state index is 12.6. The minimum Gasteiger partial charge on any atom is -0.391 e. The Morgan fingerprint density at radius 3 is 2.71 bits per heavy atom. The van der Waals surface area contributed by atoms with Gasteiger partial charge < -0.3 is 5.73 Å². The summed E-state index contributed by atoms with van der Waals surface area (Å²) in [5, 5.41) is 1.15. The highest BCUT2D eigenvalue weighted by Crippen LogP contribution is 2.37. The molecular weight excluding hydrogens is 319 g/mol. The second kappa shape index (κ2) is 3.62. The van der Waals surface area contributed by atoms with Crippen LogP contribution in [0.1, 0.15) is 12.0 Å². The predicted molar refractivity (Wildman–Crippen MR) is 63.9 cm³/mol. The van der Waals surface area contributed by atoms with E-state index in [2.05, 4.69) is 22.6 Å². The Balaban J connectivity index is 2.81. The van der Waals surface area contributed by atoms with E-state index in [4.69, 9.17) is 5.73 Å². The molecule has 0 spiro atoms. The maximum absolute atomic E-state index is 12.6. The monoisotopic (exact) mass is 325 g/mol. The topological polar surface area (TPSA) is 26.0 Å². The van der Waals surface area contributed by atoms with Crippen molar-refractivity contribution in [3.05, 3.63) is 27.3 Å². The second-order valence-corrected chi connectivity index (χ2v) is 5.07. The lowest BCUT2D eigenvalue weighted by Gasteiger charge is -2.02. The molecule has 0 saturated carbocycles. The molecule has 1 nitrogen and oxygen atoms in total. The number of thiophene rings is 1. The number of rotatable bonds is 1. The Hall–Kier alpha value is -0.430. The first-order valence-electron chi connectivity index (χ1n) is 3.85. The molecule has 2 rings (SSSR count). The van der Waals surface area contributed by atoms with Gasteiger partial charge in [0.05, 0.1) is 9.70 Å². The van der Waals surface area contributed by atoms with Gasteiger partial charge in [0.1, 0.15) is 0 Å². The maximum Gasteiger partial charge on any atom is 0.264 e. The highest BCUT2D eigenvalue weighted by atomic mass is 127. The molecule has 1 aromatic carbocycles. The molecule has 1 aromatic heterocycles. The number of nitrogen functional groups attached to an aromatic ring is 1. The molecule has 0 aliphatic rings. The molecule has 5 heteroatoms. The standard InChI is InChI=1S/C9H6F2INS/c10-9(11)4-1-2-6(12)8-5(4)3-7(13)14-8/h1-3,9H,13H2. The Labute approximate surface area is 97.1 Å². The van der Waals surface area contributed by atoms with E-state index >= 15 is 0 Å². The molecular formula is C9H6F2INS. The number of halogens is 3. The van der Waals surface area contributed by atoms with Crippen LogP contribution in [0.4, 0.5) is 13.8 Å². The zero-order chi connectivity index (χ0) is 10.3. The molecule has 1 heterocycles. The van der Waals surface area contributed by atoms with Crippen molar-refractivity contribution in [1.29, 1.82) is 0 Å². The van der Waals surface area contributed by atoms with Crippen molar-refractivity contribution in [3.63, 3.8) is 0 Å². The van der Waals surface area contributed by atoms with Gasteiger partial charge in [-0.15, -0.1) is 11.3 Å². The zero-order valence-corrected chi connectivity index (χ0v) is 9.90. The summed E-state index contributed by atoms with van der Waals surface area (Å²) < 4.78 is 27.0. The van der Waals surface area contributed by atoms with Crippen LogP contribution in [0.25, 0.3) is 10.1 Å². The Bertz CT molecular complexity index is 481. The summed E-state index contributed by atoms with van der Waals surface area (Å²) in [6, 6.07) is 4.77. The molecule has 0 bridgehead atoms. The summed E-state index contributed by atoms with van der Waals surface area (Å²) >= 11 is 3.47. The van der Waals surface area contributed by atoms with Gasteiger partial charge in [0.2, 0.25) is 0 Å². The number of fused-ring (bicyclic) bond motifs is 1. The van der Waals surface area contributed by atoms with Crippen LogP contribution in [0.15, 0.2) is 18.2 Å². The van der Waals surface area contributed by atoms with Crippen LogP contribution in [0.5, 0.6) is 0 Å². The van der Waals surface area contributed by atoms with Gasteiger partial charge in [0.25, 0.3) is 6.43 Å². The van der Waals surface area contributed by atoms with Crippen molar-refractivity contribution in [3.8, 4) is 0 Å². The largest absolute Gasteiger partial charge is 0.391 e. The smallest absolute Gasteiger partial charge is 0.264 e. The Morgan fingerprint density at radius 2 is 2.07 bits per heavy atom. The summed E-state index contributed by atoms with van der Waals surface area (Å²) in [7, 11) is 0. The van der Waals surface area contributed by atoms with Gasteiger partial charge in [0.15, 0.2) is 0 Å². The first-order chi connectivity index (χ1) is 6.59. The third-order valence-corrected chi connectivity index (χ3v) is 4.19. The third kappa shape index (κ3) is 1.58. The highest BCUT2D eigenvalue weighted by molar-refractivity contribution is 14.1. The molecule has 0 amide bonds. The van der Waals surface area contributed by atoms with Crippen LogP contribution in [0, 0.1) is 3.57 Å². The summed E-state index contributed by atoms with van der Waals surface area (Å²) in [6.45, 7) is 0. The van der Waals surface area contributed by atoms with E-state index in [-0.39, 0.29) is 5.56 Å². The van der Waals surface area contributed by atoms with Crippen molar-refractivity contribution < 1.29 is 8.78 Å². The predicted octanol–water partition coefficient (Wildman–Crippen LogP) is 4.03. The Kier molecular flexibility index (Phi) is 2.61. The highest BCUT2D eigenvalue weighted by Gasteiger charge is 2.14. The fourth-order valence-corrected chi connectivity index (χ4v) is 2.99. The average molecular weight is 325 g/mol. The molecule has 0 radical (unpaired) electrons. The molecule has 0 saturated heterocycles. The molecule has 2 aromatic rings. The van der Waals surface area contributed by atoms with Crippen molar-refractivity contribution in [1.82, 2.24) is 0 Å². The molecule has 2 N–H and O–H groups in total. The van der Waals surface area contributed by atoms with Crippen molar-refractivity contribution in [2.45, 2.75) is 6.43 Å². The third-order valence-electron chi connectivity index (χ3n) is 1.92. The minimum atomic E-state index is -2.44. The number of hydrogen-bond acceptors (Lipinski definition) is 2. The van der Waals surface area contributed by atoms with Crippen molar-refractivity contribution in [2.24, 2.45) is 0 Å². The quantitative estimate of drug-likeness (QED) is 0.787. The van der Waals surface area contributed by atoms with E-state index in [1.54, 1.807) is 12.1 Å². The molecule has 0 atom stereocenters. The van der Waals surface area contributed by atoms with E-state index in [1.807, 2.05) is 0 Å². The van der Waals surface area contributed by atoms with Gasteiger partial charge in [-0.1, -0.05) is 6.07 Å². The van der Waals surface area contributed by atoms with Crippen molar-refractivity contribution in [2.75, 3.05) is 5.73 Å². The van der Waals surface area contributed by atoms with Gasteiger partial charge in [-0.05, 0) is 34.7 Å². The van der Waals surface area contributed by atoms with Crippen LogP contribution >= 0.6 is 33.9 Å². The SMILES string of the molecule is Nc1cc2c(C(F)F)ccc(I)c2s1. The summed E-state index contributed by atoms with van der Waals surface area (Å²) in [5.41, 5.74) is 5.66. The van der Waals surface area contributed by atoms with E-state index in [0.717, 1.165) is 8.27 Å². The minimum absolute atomic E-state index is 0.0633. The van der Waals surface area contributed by atoms with Crippen molar-refractivity contribution >= 4 is 49.0 Å². The fourth-order valence-electron chi connectivity index (χ4n) is 1.32. The van der Waals surface area contributed by atoms with Gasteiger partial charge in [-0.3, -0.25) is 0 Å². The lowest BCUT2D eigenvalue weighted by molar-refractivity contribution is 0.153.